The van der Waals surface area contributed by atoms with E-state index in [0.717, 1.165) is 16.9 Å². The first-order valence-electron chi connectivity index (χ1n) is 8.72. The Kier molecular flexibility index (Phi) is 6.81. The second kappa shape index (κ2) is 8.86. The van der Waals surface area contributed by atoms with Crippen molar-refractivity contribution in [3.8, 4) is 0 Å². The summed E-state index contributed by atoms with van der Waals surface area (Å²) in [5.74, 6) is 0.197. The Morgan fingerprint density at radius 1 is 1.12 bits per heavy atom. The molecule has 2 rings (SSSR count). The lowest BCUT2D eigenvalue weighted by Gasteiger charge is -2.23. The highest BCUT2D eigenvalue weighted by Gasteiger charge is 2.16. The van der Waals surface area contributed by atoms with E-state index >= 15 is 0 Å². The Morgan fingerprint density at radius 2 is 1.77 bits per heavy atom. The third kappa shape index (κ3) is 5.09. The van der Waals surface area contributed by atoms with Crippen LogP contribution in [0.2, 0.25) is 5.02 Å². The van der Waals surface area contributed by atoms with Gasteiger partial charge in [0.15, 0.2) is 0 Å². The van der Waals surface area contributed by atoms with Gasteiger partial charge in [-0.15, -0.1) is 0 Å². The molecule has 0 aliphatic heterocycles. The van der Waals surface area contributed by atoms with Crippen LogP contribution in [0.25, 0.3) is 0 Å². The van der Waals surface area contributed by atoms with Gasteiger partial charge in [-0.05, 0) is 48.2 Å². The molecule has 2 aromatic carbocycles. The van der Waals surface area contributed by atoms with Crippen LogP contribution in [-0.2, 0) is 9.59 Å². The van der Waals surface area contributed by atoms with Crippen molar-refractivity contribution >= 4 is 34.8 Å². The number of carbonyl (C=O) groups excluding carboxylic acids is 2. The number of benzene rings is 2. The molecule has 0 radical (unpaired) electrons. The summed E-state index contributed by atoms with van der Waals surface area (Å²) in [6.07, 6.45) is 0.206. The third-order valence-corrected chi connectivity index (χ3v) is 4.74. The molecule has 0 saturated carbocycles. The largest absolute Gasteiger partial charge is 0.326 e. The van der Waals surface area contributed by atoms with Gasteiger partial charge >= 0.3 is 0 Å². The van der Waals surface area contributed by atoms with Crippen LogP contribution in [0.4, 0.5) is 11.4 Å². The highest BCUT2D eigenvalue weighted by molar-refractivity contribution is 6.31. The summed E-state index contributed by atoms with van der Waals surface area (Å²) < 4.78 is 0. The van der Waals surface area contributed by atoms with Crippen LogP contribution in [0.5, 0.6) is 0 Å². The molecule has 2 amide bonds. The molecular formula is C21H25ClN2O2. The van der Waals surface area contributed by atoms with Crippen LogP contribution in [0.3, 0.4) is 0 Å². The van der Waals surface area contributed by atoms with Crippen molar-refractivity contribution in [2.45, 2.75) is 40.0 Å². The Balaban J connectivity index is 2.01. The van der Waals surface area contributed by atoms with Crippen LogP contribution in [0.15, 0.2) is 42.5 Å². The Bertz CT molecular complexity index is 785. The van der Waals surface area contributed by atoms with Crippen LogP contribution in [0.1, 0.15) is 44.2 Å². The fraction of sp³-hybridized carbons (Fsp3) is 0.333. The summed E-state index contributed by atoms with van der Waals surface area (Å²) in [5.41, 5.74) is 3.54. The van der Waals surface area contributed by atoms with Gasteiger partial charge in [0, 0.05) is 36.3 Å². The highest BCUT2D eigenvalue weighted by atomic mass is 35.5. The maximum atomic E-state index is 12.3. The number of hydrogen-bond acceptors (Lipinski definition) is 2. The van der Waals surface area contributed by atoms with E-state index in [1.165, 1.54) is 12.5 Å². The molecule has 5 heteroatoms. The summed E-state index contributed by atoms with van der Waals surface area (Å²) >= 11 is 6.15. The molecule has 0 fully saturated rings. The molecule has 1 N–H and O–H groups in total. The molecule has 0 aliphatic rings. The fourth-order valence-corrected chi connectivity index (χ4v) is 2.89. The second-order valence-electron chi connectivity index (χ2n) is 6.63. The molecule has 0 bridgehead atoms. The first-order valence-corrected chi connectivity index (χ1v) is 9.10. The van der Waals surface area contributed by atoms with Gasteiger partial charge in [-0.1, -0.05) is 43.6 Å². The average Bonchev–Trinajstić information content (AvgIpc) is 2.58. The van der Waals surface area contributed by atoms with E-state index in [2.05, 4.69) is 19.2 Å². The monoisotopic (exact) mass is 372 g/mol. The summed E-state index contributed by atoms with van der Waals surface area (Å²) in [6.45, 7) is 7.91. The van der Waals surface area contributed by atoms with E-state index < -0.39 is 0 Å². The Morgan fingerprint density at radius 3 is 2.35 bits per heavy atom. The number of rotatable bonds is 6. The molecule has 0 spiro atoms. The second-order valence-corrected chi connectivity index (χ2v) is 7.04. The van der Waals surface area contributed by atoms with Gasteiger partial charge in [-0.2, -0.15) is 0 Å². The smallest absolute Gasteiger partial charge is 0.226 e. The van der Waals surface area contributed by atoms with Crippen LogP contribution >= 0.6 is 11.6 Å². The lowest BCUT2D eigenvalue weighted by Crippen LogP contribution is -2.32. The van der Waals surface area contributed by atoms with Crippen molar-refractivity contribution in [1.29, 1.82) is 0 Å². The predicted molar refractivity (Wildman–Crippen MR) is 108 cm³/mol. The number of hydrogen-bond donors (Lipinski definition) is 1. The SMILES string of the molecule is CC(=O)N(CCC(=O)Nc1ccc(C(C)C)cc1)c1cccc(Cl)c1C. The highest BCUT2D eigenvalue weighted by Crippen LogP contribution is 2.27. The summed E-state index contributed by atoms with van der Waals surface area (Å²) in [4.78, 5) is 25.9. The number of carbonyl (C=O) groups is 2. The van der Waals surface area contributed by atoms with Gasteiger partial charge in [-0.3, -0.25) is 9.59 Å². The topological polar surface area (TPSA) is 49.4 Å². The molecule has 2 aromatic rings. The minimum absolute atomic E-state index is 0.121. The zero-order valence-corrected chi connectivity index (χ0v) is 16.4. The van der Waals surface area contributed by atoms with E-state index in [1.54, 1.807) is 17.0 Å². The number of nitrogens with zero attached hydrogens (tertiary/aromatic N) is 1. The maximum Gasteiger partial charge on any atom is 0.226 e. The Hall–Kier alpha value is -2.33. The van der Waals surface area contributed by atoms with Crippen molar-refractivity contribution in [1.82, 2.24) is 0 Å². The first-order chi connectivity index (χ1) is 12.3. The lowest BCUT2D eigenvalue weighted by atomic mass is 10.0. The normalized spacial score (nSPS) is 10.7. The van der Waals surface area contributed by atoms with E-state index in [9.17, 15) is 9.59 Å². The Labute approximate surface area is 160 Å². The molecule has 0 unspecified atom stereocenters. The predicted octanol–water partition coefficient (Wildman–Crippen LogP) is 5.15. The minimum Gasteiger partial charge on any atom is -0.326 e. The number of nitrogens with one attached hydrogen (secondary N) is 1. The van der Waals surface area contributed by atoms with Gasteiger partial charge in [0.1, 0.15) is 0 Å². The molecule has 26 heavy (non-hydrogen) atoms. The van der Waals surface area contributed by atoms with Gasteiger partial charge in [0.25, 0.3) is 0 Å². The standard InChI is InChI=1S/C21H25ClN2O2/c1-14(2)17-8-10-18(11-9-17)23-21(26)12-13-24(16(4)25)20-7-5-6-19(22)15(20)3/h5-11,14H,12-13H2,1-4H3,(H,23,26). The summed E-state index contributed by atoms with van der Waals surface area (Å²) in [7, 11) is 0. The molecule has 0 aliphatic carbocycles. The maximum absolute atomic E-state index is 12.3. The van der Waals surface area contributed by atoms with E-state index in [4.69, 9.17) is 11.6 Å². The minimum atomic E-state index is -0.131. The molecule has 4 nitrogen and oxygen atoms in total. The summed E-state index contributed by atoms with van der Waals surface area (Å²) in [6, 6.07) is 13.2. The summed E-state index contributed by atoms with van der Waals surface area (Å²) in [5, 5.41) is 3.48. The third-order valence-electron chi connectivity index (χ3n) is 4.33. The number of amides is 2. The van der Waals surface area contributed by atoms with Gasteiger partial charge in [-0.25, -0.2) is 0 Å². The molecule has 138 valence electrons. The molecule has 0 heterocycles. The van der Waals surface area contributed by atoms with E-state index in [1.807, 2.05) is 37.3 Å². The molecule has 0 aromatic heterocycles. The number of anilines is 2. The number of halogens is 1. The van der Waals surface area contributed by atoms with Crippen LogP contribution in [-0.4, -0.2) is 18.4 Å². The van der Waals surface area contributed by atoms with Gasteiger partial charge < -0.3 is 10.2 Å². The quantitative estimate of drug-likeness (QED) is 0.761. The molecule has 0 saturated heterocycles. The van der Waals surface area contributed by atoms with E-state index in [-0.39, 0.29) is 18.2 Å². The van der Waals surface area contributed by atoms with Gasteiger partial charge in [0.2, 0.25) is 11.8 Å². The van der Waals surface area contributed by atoms with Crippen LogP contribution in [0, 0.1) is 6.92 Å². The van der Waals surface area contributed by atoms with Gasteiger partial charge in [0.05, 0.1) is 0 Å². The molecular weight excluding hydrogens is 348 g/mol. The molecule has 0 atom stereocenters. The fourth-order valence-electron chi connectivity index (χ4n) is 2.72. The zero-order chi connectivity index (χ0) is 19.3. The van der Waals surface area contributed by atoms with Crippen molar-refractivity contribution in [2.75, 3.05) is 16.8 Å². The average molecular weight is 373 g/mol. The van der Waals surface area contributed by atoms with Crippen molar-refractivity contribution in [3.63, 3.8) is 0 Å². The first kappa shape index (κ1) is 20.0. The zero-order valence-electron chi connectivity index (χ0n) is 15.7. The van der Waals surface area contributed by atoms with Crippen molar-refractivity contribution < 1.29 is 9.59 Å². The lowest BCUT2D eigenvalue weighted by molar-refractivity contribution is -0.117. The van der Waals surface area contributed by atoms with E-state index in [0.29, 0.717) is 17.5 Å². The van der Waals surface area contributed by atoms with Crippen LogP contribution < -0.4 is 10.2 Å². The van der Waals surface area contributed by atoms with Crippen molar-refractivity contribution in [2.24, 2.45) is 0 Å². The van der Waals surface area contributed by atoms with Crippen molar-refractivity contribution in [3.05, 3.63) is 58.6 Å².